The molecule has 0 fully saturated rings. The minimum Gasteiger partial charge on any atom is -0.507 e. The standard InChI is InChI=1S/C14H10BrF2NO3/c1-21-8-2-3-12(19)9(6-8)14(20)18-13-10(16)4-7(15)5-11(13)17/h2-6,19H,1H3,(H,18,20). The summed E-state index contributed by atoms with van der Waals surface area (Å²) >= 11 is 2.94. The van der Waals surface area contributed by atoms with Crippen LogP contribution < -0.4 is 10.1 Å². The van der Waals surface area contributed by atoms with Gasteiger partial charge in [0.2, 0.25) is 0 Å². The average Bonchev–Trinajstić information content (AvgIpc) is 2.43. The van der Waals surface area contributed by atoms with Crippen LogP contribution in [0, 0.1) is 11.6 Å². The van der Waals surface area contributed by atoms with Gasteiger partial charge in [-0.3, -0.25) is 4.79 Å². The molecule has 21 heavy (non-hydrogen) atoms. The first kappa shape index (κ1) is 15.2. The molecule has 0 aliphatic carbocycles. The Morgan fingerprint density at radius 2 is 1.86 bits per heavy atom. The van der Waals surface area contributed by atoms with Crippen molar-refractivity contribution in [1.29, 1.82) is 0 Å². The number of aromatic hydroxyl groups is 1. The second kappa shape index (κ2) is 6.09. The Kier molecular flexibility index (Phi) is 4.42. The van der Waals surface area contributed by atoms with Gasteiger partial charge in [0.25, 0.3) is 5.91 Å². The lowest BCUT2D eigenvalue weighted by atomic mass is 10.1. The van der Waals surface area contributed by atoms with Crippen LogP contribution in [-0.2, 0) is 0 Å². The van der Waals surface area contributed by atoms with E-state index in [0.717, 1.165) is 12.1 Å². The molecule has 0 atom stereocenters. The Hall–Kier alpha value is -2.15. The van der Waals surface area contributed by atoms with Crippen LogP contribution in [0.2, 0.25) is 0 Å². The van der Waals surface area contributed by atoms with E-state index in [9.17, 15) is 18.7 Å². The van der Waals surface area contributed by atoms with Crippen molar-refractivity contribution in [3.63, 3.8) is 0 Å². The lowest BCUT2D eigenvalue weighted by Gasteiger charge is -2.10. The summed E-state index contributed by atoms with van der Waals surface area (Å²) in [5, 5.41) is 11.7. The highest BCUT2D eigenvalue weighted by molar-refractivity contribution is 9.10. The molecule has 110 valence electrons. The van der Waals surface area contributed by atoms with E-state index in [-0.39, 0.29) is 15.8 Å². The quantitative estimate of drug-likeness (QED) is 0.880. The van der Waals surface area contributed by atoms with Gasteiger partial charge in [-0.1, -0.05) is 15.9 Å². The van der Waals surface area contributed by atoms with Crippen molar-refractivity contribution >= 4 is 27.5 Å². The number of rotatable bonds is 3. The Morgan fingerprint density at radius 1 is 1.24 bits per heavy atom. The zero-order valence-corrected chi connectivity index (χ0v) is 12.4. The molecule has 0 heterocycles. The topological polar surface area (TPSA) is 58.6 Å². The fourth-order valence-corrected chi connectivity index (χ4v) is 2.07. The lowest BCUT2D eigenvalue weighted by molar-refractivity contribution is 0.102. The summed E-state index contributed by atoms with van der Waals surface area (Å²) in [4.78, 5) is 12.0. The van der Waals surface area contributed by atoms with Gasteiger partial charge in [0.1, 0.15) is 17.2 Å². The van der Waals surface area contributed by atoms with Crippen molar-refractivity contribution in [2.24, 2.45) is 0 Å². The molecule has 0 aromatic heterocycles. The number of carbonyl (C=O) groups is 1. The lowest BCUT2D eigenvalue weighted by Crippen LogP contribution is -2.14. The third-order valence-electron chi connectivity index (χ3n) is 2.69. The third kappa shape index (κ3) is 3.30. The first-order valence-electron chi connectivity index (χ1n) is 5.75. The molecule has 0 aliphatic heterocycles. The second-order valence-electron chi connectivity index (χ2n) is 4.08. The number of ether oxygens (including phenoxy) is 1. The van der Waals surface area contributed by atoms with Gasteiger partial charge < -0.3 is 15.2 Å². The molecule has 0 saturated carbocycles. The summed E-state index contributed by atoms with van der Waals surface area (Å²) in [6.07, 6.45) is 0. The van der Waals surface area contributed by atoms with Gasteiger partial charge in [-0.25, -0.2) is 8.78 Å². The molecule has 2 aromatic carbocycles. The van der Waals surface area contributed by atoms with Crippen LogP contribution in [0.5, 0.6) is 11.5 Å². The van der Waals surface area contributed by atoms with Gasteiger partial charge in [-0.05, 0) is 30.3 Å². The van der Waals surface area contributed by atoms with E-state index >= 15 is 0 Å². The van der Waals surface area contributed by atoms with E-state index < -0.39 is 23.2 Å². The van der Waals surface area contributed by atoms with Crippen molar-refractivity contribution in [3.8, 4) is 11.5 Å². The fraction of sp³-hybridized carbons (Fsp3) is 0.0714. The molecule has 2 N–H and O–H groups in total. The van der Waals surface area contributed by atoms with Crippen molar-refractivity contribution < 1.29 is 23.4 Å². The first-order valence-corrected chi connectivity index (χ1v) is 6.54. The van der Waals surface area contributed by atoms with Gasteiger partial charge in [0.05, 0.1) is 12.7 Å². The van der Waals surface area contributed by atoms with E-state index in [1.165, 1.54) is 25.3 Å². The highest BCUT2D eigenvalue weighted by atomic mass is 79.9. The normalized spacial score (nSPS) is 10.3. The number of nitrogens with one attached hydrogen (secondary N) is 1. The second-order valence-corrected chi connectivity index (χ2v) is 5.00. The van der Waals surface area contributed by atoms with Gasteiger partial charge in [0, 0.05) is 4.47 Å². The van der Waals surface area contributed by atoms with E-state index in [1.54, 1.807) is 0 Å². The number of methoxy groups -OCH3 is 1. The van der Waals surface area contributed by atoms with Gasteiger partial charge in [-0.2, -0.15) is 0 Å². The predicted molar refractivity (Wildman–Crippen MR) is 76.7 cm³/mol. The minimum atomic E-state index is -0.933. The Labute approximate surface area is 127 Å². The molecule has 0 bridgehead atoms. The van der Waals surface area contributed by atoms with Crippen molar-refractivity contribution in [2.75, 3.05) is 12.4 Å². The molecule has 2 aromatic rings. The molecule has 0 spiro atoms. The number of phenols is 1. The van der Waals surface area contributed by atoms with E-state index in [4.69, 9.17) is 4.74 Å². The Balaban J connectivity index is 2.35. The number of phenolic OH excluding ortho intramolecular Hbond substituents is 1. The van der Waals surface area contributed by atoms with E-state index in [0.29, 0.717) is 5.75 Å². The number of hydrogen-bond donors (Lipinski definition) is 2. The van der Waals surface area contributed by atoms with Crippen LogP contribution >= 0.6 is 15.9 Å². The maximum Gasteiger partial charge on any atom is 0.259 e. The summed E-state index contributed by atoms with van der Waals surface area (Å²) in [7, 11) is 1.39. The summed E-state index contributed by atoms with van der Waals surface area (Å²) in [5.74, 6) is -2.72. The summed E-state index contributed by atoms with van der Waals surface area (Å²) in [6.45, 7) is 0. The maximum absolute atomic E-state index is 13.7. The first-order chi connectivity index (χ1) is 9.92. The molecule has 0 radical (unpaired) electrons. The Morgan fingerprint density at radius 3 is 2.43 bits per heavy atom. The Bertz CT molecular complexity index is 684. The highest BCUT2D eigenvalue weighted by Crippen LogP contribution is 2.27. The maximum atomic E-state index is 13.7. The molecule has 4 nitrogen and oxygen atoms in total. The van der Waals surface area contributed by atoms with Crippen LogP contribution in [0.3, 0.4) is 0 Å². The van der Waals surface area contributed by atoms with Gasteiger partial charge in [-0.15, -0.1) is 0 Å². The number of benzene rings is 2. The number of hydrogen-bond acceptors (Lipinski definition) is 3. The fourth-order valence-electron chi connectivity index (χ4n) is 1.67. The highest BCUT2D eigenvalue weighted by Gasteiger charge is 2.17. The van der Waals surface area contributed by atoms with Crippen LogP contribution in [0.1, 0.15) is 10.4 Å². The number of anilines is 1. The molecule has 2 rings (SSSR count). The number of carbonyl (C=O) groups excluding carboxylic acids is 1. The molecule has 0 unspecified atom stereocenters. The van der Waals surface area contributed by atoms with Crippen molar-refractivity contribution in [2.45, 2.75) is 0 Å². The van der Waals surface area contributed by atoms with Crippen LogP contribution in [0.25, 0.3) is 0 Å². The largest absolute Gasteiger partial charge is 0.507 e. The van der Waals surface area contributed by atoms with Crippen LogP contribution in [0.15, 0.2) is 34.8 Å². The molecular formula is C14H10BrF2NO3. The van der Waals surface area contributed by atoms with Crippen LogP contribution in [0.4, 0.5) is 14.5 Å². The molecule has 7 heteroatoms. The van der Waals surface area contributed by atoms with Gasteiger partial charge in [0.15, 0.2) is 11.6 Å². The molecule has 0 saturated heterocycles. The molecule has 0 aliphatic rings. The summed E-state index contributed by atoms with van der Waals surface area (Å²) < 4.78 is 32.5. The monoisotopic (exact) mass is 357 g/mol. The number of halogens is 3. The minimum absolute atomic E-state index is 0.156. The van der Waals surface area contributed by atoms with Crippen LogP contribution in [-0.4, -0.2) is 18.1 Å². The van der Waals surface area contributed by atoms with E-state index in [1.807, 2.05) is 0 Å². The smallest absolute Gasteiger partial charge is 0.259 e. The third-order valence-corrected chi connectivity index (χ3v) is 3.15. The summed E-state index contributed by atoms with van der Waals surface area (Å²) in [5.41, 5.74) is -0.749. The molecule has 1 amide bonds. The number of amides is 1. The average molecular weight is 358 g/mol. The van der Waals surface area contributed by atoms with E-state index in [2.05, 4.69) is 21.2 Å². The summed E-state index contributed by atoms with van der Waals surface area (Å²) in [6, 6.07) is 6.00. The zero-order valence-electron chi connectivity index (χ0n) is 10.8. The zero-order chi connectivity index (χ0) is 15.6. The predicted octanol–water partition coefficient (Wildman–Crippen LogP) is 3.69. The van der Waals surface area contributed by atoms with Gasteiger partial charge >= 0.3 is 0 Å². The molecular weight excluding hydrogens is 348 g/mol. The van der Waals surface area contributed by atoms with Crippen molar-refractivity contribution in [3.05, 3.63) is 52.0 Å². The SMILES string of the molecule is COc1ccc(O)c(C(=O)Nc2c(F)cc(Br)cc2F)c1. The van der Waals surface area contributed by atoms with Crippen molar-refractivity contribution in [1.82, 2.24) is 0 Å².